The third-order valence-electron chi connectivity index (χ3n) is 5.46. The van der Waals surface area contributed by atoms with Crippen LogP contribution in [0.25, 0.3) is 10.7 Å². The summed E-state index contributed by atoms with van der Waals surface area (Å²) < 4.78 is 5.80. The number of thiophene rings is 1. The van der Waals surface area contributed by atoms with E-state index in [9.17, 15) is 9.90 Å². The Kier molecular flexibility index (Phi) is 4.31. The zero-order valence-electron chi connectivity index (χ0n) is 14.1. The summed E-state index contributed by atoms with van der Waals surface area (Å²) in [6, 6.07) is 3.81. The first-order chi connectivity index (χ1) is 12.1. The molecule has 3 atom stereocenters. The Morgan fingerprint density at radius 1 is 1.40 bits per heavy atom. The fourth-order valence-corrected chi connectivity index (χ4v) is 4.73. The van der Waals surface area contributed by atoms with Crippen LogP contribution in [0.3, 0.4) is 0 Å². The second-order valence-corrected chi connectivity index (χ2v) is 7.68. The van der Waals surface area contributed by atoms with Crippen LogP contribution < -0.4 is 0 Å². The molecule has 0 bridgehead atoms. The van der Waals surface area contributed by atoms with E-state index in [-0.39, 0.29) is 23.7 Å². The number of amides is 1. The van der Waals surface area contributed by atoms with Gasteiger partial charge in [-0.15, -0.1) is 11.3 Å². The van der Waals surface area contributed by atoms with Gasteiger partial charge in [-0.2, -0.15) is 0 Å². The highest BCUT2D eigenvalue weighted by Gasteiger charge is 2.52. The SMILES string of the molecule is CO[C@@]12CC[C@H](O)C[C@@H]1N(C(=O)c1cnc(-c3cccs3)nc1)CC2. The maximum absolute atomic E-state index is 13.0. The second-order valence-electron chi connectivity index (χ2n) is 6.73. The van der Waals surface area contributed by atoms with Gasteiger partial charge in [0.15, 0.2) is 5.82 Å². The molecule has 2 aliphatic rings. The molecule has 1 N–H and O–H groups in total. The molecule has 1 aliphatic heterocycles. The number of hydrogen-bond acceptors (Lipinski definition) is 6. The standard InChI is InChI=1S/C18H21N3O3S/c1-24-18-5-4-13(22)9-15(18)21(7-6-18)17(23)12-10-19-16(20-11-12)14-3-2-8-25-14/h2-3,8,10-11,13,15,22H,4-7,9H2,1H3/t13-,15-,18+/m0/s1. The minimum absolute atomic E-state index is 0.0873. The van der Waals surface area contributed by atoms with Crippen molar-refractivity contribution in [3.8, 4) is 10.7 Å². The van der Waals surface area contributed by atoms with Crippen molar-refractivity contribution < 1.29 is 14.6 Å². The minimum Gasteiger partial charge on any atom is -0.393 e. The van der Waals surface area contributed by atoms with Gasteiger partial charge in [0.2, 0.25) is 0 Å². The summed E-state index contributed by atoms with van der Waals surface area (Å²) in [6.07, 6.45) is 5.69. The number of nitrogens with zero attached hydrogens (tertiary/aromatic N) is 3. The van der Waals surface area contributed by atoms with Gasteiger partial charge in [-0.3, -0.25) is 4.79 Å². The Morgan fingerprint density at radius 3 is 2.88 bits per heavy atom. The quantitative estimate of drug-likeness (QED) is 0.910. The summed E-state index contributed by atoms with van der Waals surface area (Å²) in [4.78, 5) is 24.5. The summed E-state index contributed by atoms with van der Waals surface area (Å²) in [5.41, 5.74) is 0.152. The fraction of sp³-hybridized carbons (Fsp3) is 0.500. The average Bonchev–Trinajstić information content (AvgIpc) is 3.30. The normalized spacial score (nSPS) is 28.8. The Bertz CT molecular complexity index is 749. The van der Waals surface area contributed by atoms with E-state index in [1.54, 1.807) is 30.8 Å². The topological polar surface area (TPSA) is 75.6 Å². The van der Waals surface area contributed by atoms with E-state index in [1.807, 2.05) is 22.4 Å². The molecule has 132 valence electrons. The van der Waals surface area contributed by atoms with Crippen molar-refractivity contribution in [2.75, 3.05) is 13.7 Å². The number of aliphatic hydroxyl groups excluding tert-OH is 1. The summed E-state index contributed by atoms with van der Waals surface area (Å²) >= 11 is 1.57. The van der Waals surface area contributed by atoms with Gasteiger partial charge >= 0.3 is 0 Å². The number of aromatic nitrogens is 2. The van der Waals surface area contributed by atoms with Crippen LogP contribution in [-0.4, -0.2) is 57.3 Å². The summed E-state index contributed by atoms with van der Waals surface area (Å²) in [6.45, 7) is 0.636. The van der Waals surface area contributed by atoms with Crippen LogP contribution in [0.15, 0.2) is 29.9 Å². The van der Waals surface area contributed by atoms with E-state index >= 15 is 0 Å². The monoisotopic (exact) mass is 359 g/mol. The van der Waals surface area contributed by atoms with Crippen LogP contribution >= 0.6 is 11.3 Å². The van der Waals surface area contributed by atoms with Gasteiger partial charge in [-0.1, -0.05) is 6.07 Å². The van der Waals surface area contributed by atoms with Gasteiger partial charge in [0.25, 0.3) is 5.91 Å². The van der Waals surface area contributed by atoms with Crippen molar-refractivity contribution in [2.24, 2.45) is 0 Å². The number of likely N-dealkylation sites (tertiary alicyclic amines) is 1. The molecule has 1 amide bonds. The predicted octanol–water partition coefficient (Wildman–Crippen LogP) is 2.35. The van der Waals surface area contributed by atoms with Gasteiger partial charge in [-0.05, 0) is 37.1 Å². The number of aliphatic hydroxyl groups is 1. The molecule has 6 nitrogen and oxygen atoms in total. The molecule has 1 saturated carbocycles. The maximum Gasteiger partial charge on any atom is 0.257 e. The van der Waals surface area contributed by atoms with E-state index in [0.717, 1.165) is 24.1 Å². The molecule has 25 heavy (non-hydrogen) atoms. The largest absolute Gasteiger partial charge is 0.393 e. The molecule has 0 aromatic carbocycles. The number of carbonyl (C=O) groups excluding carboxylic acids is 1. The van der Waals surface area contributed by atoms with Crippen molar-refractivity contribution in [3.05, 3.63) is 35.5 Å². The summed E-state index contributed by atoms with van der Waals surface area (Å²) in [5, 5.41) is 12.0. The molecular weight excluding hydrogens is 338 g/mol. The Labute approximate surface area is 150 Å². The van der Waals surface area contributed by atoms with Crippen LogP contribution in [0.2, 0.25) is 0 Å². The van der Waals surface area contributed by atoms with E-state index in [2.05, 4.69) is 9.97 Å². The molecule has 7 heteroatoms. The van der Waals surface area contributed by atoms with Crippen LogP contribution in [0.1, 0.15) is 36.0 Å². The molecule has 2 aromatic rings. The van der Waals surface area contributed by atoms with Crippen molar-refractivity contribution in [3.63, 3.8) is 0 Å². The smallest absolute Gasteiger partial charge is 0.257 e. The van der Waals surface area contributed by atoms with E-state index in [1.165, 1.54) is 0 Å². The number of methoxy groups -OCH3 is 1. The molecule has 1 aliphatic carbocycles. The lowest BCUT2D eigenvalue weighted by molar-refractivity contribution is -0.0824. The molecule has 2 fully saturated rings. The Morgan fingerprint density at radius 2 is 2.20 bits per heavy atom. The van der Waals surface area contributed by atoms with Crippen LogP contribution in [0.4, 0.5) is 0 Å². The molecule has 0 radical (unpaired) electrons. The molecule has 3 heterocycles. The first kappa shape index (κ1) is 16.6. The van der Waals surface area contributed by atoms with Crippen molar-refractivity contribution in [1.82, 2.24) is 14.9 Å². The fourth-order valence-electron chi connectivity index (χ4n) is 4.06. The van der Waals surface area contributed by atoms with E-state index in [4.69, 9.17) is 4.74 Å². The van der Waals surface area contributed by atoms with Gasteiger partial charge < -0.3 is 14.7 Å². The van der Waals surface area contributed by atoms with Crippen molar-refractivity contribution in [2.45, 2.75) is 43.4 Å². The second kappa shape index (κ2) is 6.48. The molecule has 0 spiro atoms. The predicted molar refractivity (Wildman–Crippen MR) is 94.4 cm³/mol. The third kappa shape index (κ3) is 2.86. The maximum atomic E-state index is 13.0. The number of ether oxygens (including phenoxy) is 1. The van der Waals surface area contributed by atoms with Crippen LogP contribution in [-0.2, 0) is 4.74 Å². The van der Waals surface area contributed by atoms with Gasteiger partial charge in [0.05, 0.1) is 28.2 Å². The summed E-state index contributed by atoms with van der Waals surface area (Å²) in [5.74, 6) is 0.544. The van der Waals surface area contributed by atoms with Gasteiger partial charge in [0, 0.05) is 26.0 Å². The highest BCUT2D eigenvalue weighted by Crippen LogP contribution is 2.42. The Hall–Kier alpha value is -1.83. The zero-order valence-corrected chi connectivity index (χ0v) is 14.9. The number of rotatable bonds is 3. The summed E-state index contributed by atoms with van der Waals surface area (Å²) in [7, 11) is 1.71. The van der Waals surface area contributed by atoms with Crippen molar-refractivity contribution in [1.29, 1.82) is 0 Å². The lowest BCUT2D eigenvalue weighted by Crippen LogP contribution is -2.52. The Balaban J connectivity index is 1.56. The van der Waals surface area contributed by atoms with E-state index < -0.39 is 0 Å². The zero-order chi connectivity index (χ0) is 17.4. The number of carbonyl (C=O) groups is 1. The molecular formula is C18H21N3O3S. The molecule has 1 saturated heterocycles. The van der Waals surface area contributed by atoms with E-state index in [0.29, 0.717) is 24.4 Å². The van der Waals surface area contributed by atoms with Gasteiger partial charge in [-0.25, -0.2) is 9.97 Å². The third-order valence-corrected chi connectivity index (χ3v) is 6.33. The lowest BCUT2D eigenvalue weighted by atomic mass is 9.79. The minimum atomic E-state index is -0.376. The number of hydrogen-bond donors (Lipinski definition) is 1. The highest BCUT2D eigenvalue weighted by atomic mass is 32.1. The van der Waals surface area contributed by atoms with Gasteiger partial charge in [0.1, 0.15) is 0 Å². The molecule has 0 unspecified atom stereocenters. The first-order valence-electron chi connectivity index (χ1n) is 8.53. The van der Waals surface area contributed by atoms with Crippen LogP contribution in [0.5, 0.6) is 0 Å². The molecule has 2 aromatic heterocycles. The first-order valence-corrected chi connectivity index (χ1v) is 9.41. The van der Waals surface area contributed by atoms with Crippen LogP contribution in [0, 0.1) is 0 Å². The average molecular weight is 359 g/mol. The number of fused-ring (bicyclic) bond motifs is 1. The molecule has 4 rings (SSSR count). The van der Waals surface area contributed by atoms with Crippen molar-refractivity contribution >= 4 is 17.2 Å². The highest BCUT2D eigenvalue weighted by molar-refractivity contribution is 7.13. The lowest BCUT2D eigenvalue weighted by Gasteiger charge is -2.42.